The van der Waals surface area contributed by atoms with Gasteiger partial charge in [0.25, 0.3) is 17.7 Å². The summed E-state index contributed by atoms with van der Waals surface area (Å²) in [6.07, 6.45) is 0. The summed E-state index contributed by atoms with van der Waals surface area (Å²) in [5.41, 5.74) is 8.14. The second-order valence-corrected chi connectivity index (χ2v) is 7.27. The third-order valence-electron chi connectivity index (χ3n) is 4.88. The van der Waals surface area contributed by atoms with Crippen LogP contribution in [0.4, 0.5) is 22.7 Å². The van der Waals surface area contributed by atoms with Gasteiger partial charge in [0.1, 0.15) is 11.4 Å². The molecule has 8 nitrogen and oxygen atoms in total. The van der Waals surface area contributed by atoms with Gasteiger partial charge in [0.05, 0.1) is 22.7 Å². The number of para-hydroxylation sites is 4. The molecule has 8 heteroatoms. The quantitative estimate of drug-likeness (QED) is 0.323. The molecule has 34 heavy (non-hydrogen) atoms. The van der Waals surface area contributed by atoms with E-state index in [-0.39, 0.29) is 17.3 Å². The minimum Gasteiger partial charge on any atom is -0.397 e. The zero-order valence-corrected chi connectivity index (χ0v) is 18.0. The van der Waals surface area contributed by atoms with Crippen LogP contribution in [0.3, 0.4) is 0 Å². The van der Waals surface area contributed by atoms with E-state index >= 15 is 0 Å². The third kappa shape index (κ3) is 5.25. The lowest BCUT2D eigenvalue weighted by atomic mass is 10.2. The Kier molecular flexibility index (Phi) is 6.60. The molecule has 0 saturated heterocycles. The first-order valence-electron chi connectivity index (χ1n) is 10.4. The minimum atomic E-state index is -0.532. The highest BCUT2D eigenvalue weighted by atomic mass is 16.2. The van der Waals surface area contributed by atoms with Crippen molar-refractivity contribution in [3.8, 4) is 0 Å². The lowest BCUT2D eigenvalue weighted by Crippen LogP contribution is -2.20. The standard InChI is InChI=1S/C26H21N5O3/c27-18-11-4-5-12-19(18)29-25(33)22-15-8-16-23(28-22)26(34)31-21-14-7-6-13-20(21)30-24(32)17-9-2-1-3-10-17/h1-16H,27H2,(H,29,33)(H,30,32)(H,31,34). The van der Waals surface area contributed by atoms with Crippen molar-refractivity contribution in [3.05, 3.63) is 114 Å². The van der Waals surface area contributed by atoms with Crippen molar-refractivity contribution < 1.29 is 14.4 Å². The molecule has 0 aliphatic rings. The molecule has 5 N–H and O–H groups in total. The number of amides is 3. The lowest BCUT2D eigenvalue weighted by molar-refractivity contribution is 0.100. The predicted octanol–water partition coefficient (Wildman–Crippen LogP) is 4.42. The number of anilines is 4. The molecule has 0 radical (unpaired) electrons. The molecule has 0 spiro atoms. The molecule has 0 aliphatic heterocycles. The molecule has 0 fully saturated rings. The normalized spacial score (nSPS) is 10.2. The van der Waals surface area contributed by atoms with Gasteiger partial charge in [-0.3, -0.25) is 14.4 Å². The van der Waals surface area contributed by atoms with Gasteiger partial charge >= 0.3 is 0 Å². The van der Waals surface area contributed by atoms with Crippen molar-refractivity contribution in [1.82, 2.24) is 4.98 Å². The van der Waals surface area contributed by atoms with Crippen LogP contribution in [-0.2, 0) is 0 Å². The second kappa shape index (κ2) is 10.1. The molecular formula is C26H21N5O3. The Bertz CT molecular complexity index is 1360. The number of nitrogens with one attached hydrogen (secondary N) is 3. The molecule has 4 aromatic rings. The Hall–Kier alpha value is -4.98. The number of nitrogens with two attached hydrogens (primary N) is 1. The van der Waals surface area contributed by atoms with Crippen molar-refractivity contribution in [1.29, 1.82) is 0 Å². The third-order valence-corrected chi connectivity index (χ3v) is 4.88. The van der Waals surface area contributed by atoms with E-state index in [9.17, 15) is 14.4 Å². The number of nitrogen functional groups attached to an aromatic ring is 1. The molecule has 0 atom stereocenters. The van der Waals surface area contributed by atoms with E-state index in [4.69, 9.17) is 5.73 Å². The molecule has 0 unspecified atom stereocenters. The Morgan fingerprint density at radius 1 is 0.529 bits per heavy atom. The highest BCUT2D eigenvalue weighted by Crippen LogP contribution is 2.23. The van der Waals surface area contributed by atoms with Crippen LogP contribution in [0.25, 0.3) is 0 Å². The summed E-state index contributed by atoms with van der Waals surface area (Å²) in [6, 6.07) is 27.0. The van der Waals surface area contributed by atoms with E-state index < -0.39 is 11.8 Å². The Morgan fingerprint density at radius 2 is 1.00 bits per heavy atom. The van der Waals surface area contributed by atoms with Gasteiger partial charge in [0.2, 0.25) is 0 Å². The lowest BCUT2D eigenvalue weighted by Gasteiger charge is -2.12. The molecule has 0 bridgehead atoms. The zero-order valence-electron chi connectivity index (χ0n) is 18.0. The number of carbonyl (C=O) groups is 3. The highest BCUT2D eigenvalue weighted by molar-refractivity contribution is 6.10. The van der Waals surface area contributed by atoms with E-state index in [1.165, 1.54) is 12.1 Å². The van der Waals surface area contributed by atoms with E-state index in [1.807, 2.05) is 6.07 Å². The Labute approximate surface area is 195 Å². The summed E-state index contributed by atoms with van der Waals surface area (Å²) >= 11 is 0. The van der Waals surface area contributed by atoms with Crippen molar-refractivity contribution in [3.63, 3.8) is 0 Å². The number of nitrogens with zero attached hydrogens (tertiary/aromatic N) is 1. The predicted molar refractivity (Wildman–Crippen MR) is 132 cm³/mol. The molecule has 0 saturated carbocycles. The minimum absolute atomic E-state index is 0.0397. The average Bonchev–Trinajstić information content (AvgIpc) is 2.87. The molecule has 0 aliphatic carbocycles. The van der Waals surface area contributed by atoms with Crippen LogP contribution in [0.1, 0.15) is 31.3 Å². The molecule has 1 heterocycles. The van der Waals surface area contributed by atoms with Crippen LogP contribution < -0.4 is 21.7 Å². The zero-order chi connectivity index (χ0) is 23.9. The first-order chi connectivity index (χ1) is 16.5. The molecule has 168 valence electrons. The van der Waals surface area contributed by atoms with Crippen LogP contribution in [0.2, 0.25) is 0 Å². The molecule has 3 amide bonds. The van der Waals surface area contributed by atoms with Crippen molar-refractivity contribution >= 4 is 40.5 Å². The highest BCUT2D eigenvalue weighted by Gasteiger charge is 2.16. The first kappa shape index (κ1) is 22.2. The second-order valence-electron chi connectivity index (χ2n) is 7.27. The van der Waals surface area contributed by atoms with Gasteiger partial charge in [-0.15, -0.1) is 0 Å². The van der Waals surface area contributed by atoms with Gasteiger partial charge in [-0.25, -0.2) is 4.98 Å². The topological polar surface area (TPSA) is 126 Å². The van der Waals surface area contributed by atoms with Crippen LogP contribution in [0, 0.1) is 0 Å². The van der Waals surface area contributed by atoms with Gasteiger partial charge in [-0.05, 0) is 48.5 Å². The maximum Gasteiger partial charge on any atom is 0.274 e. The summed E-state index contributed by atoms with van der Waals surface area (Å²) in [7, 11) is 0. The maximum atomic E-state index is 12.9. The summed E-state index contributed by atoms with van der Waals surface area (Å²) < 4.78 is 0. The van der Waals surface area contributed by atoms with Crippen LogP contribution in [-0.4, -0.2) is 22.7 Å². The molecule has 3 aromatic carbocycles. The largest absolute Gasteiger partial charge is 0.397 e. The van der Waals surface area contributed by atoms with E-state index in [0.717, 1.165) is 0 Å². The van der Waals surface area contributed by atoms with Crippen LogP contribution >= 0.6 is 0 Å². The summed E-state index contributed by atoms with van der Waals surface area (Å²) in [5, 5.41) is 8.22. The van der Waals surface area contributed by atoms with Crippen molar-refractivity contribution in [2.75, 3.05) is 21.7 Å². The summed E-state index contributed by atoms with van der Waals surface area (Å²) in [5.74, 6) is -1.34. The van der Waals surface area contributed by atoms with Gasteiger partial charge < -0.3 is 21.7 Å². The molecule has 1 aromatic heterocycles. The van der Waals surface area contributed by atoms with Crippen molar-refractivity contribution in [2.45, 2.75) is 0 Å². The Balaban J connectivity index is 1.49. The molecule has 4 rings (SSSR count). The SMILES string of the molecule is Nc1ccccc1NC(=O)c1cccc(C(=O)Nc2ccccc2NC(=O)c2ccccc2)n1. The average molecular weight is 451 g/mol. The van der Waals surface area contributed by atoms with Crippen LogP contribution in [0.15, 0.2) is 97.1 Å². The van der Waals surface area contributed by atoms with Gasteiger partial charge in [0.15, 0.2) is 0 Å². The fourth-order valence-corrected chi connectivity index (χ4v) is 3.16. The van der Waals surface area contributed by atoms with Gasteiger partial charge in [-0.2, -0.15) is 0 Å². The number of hydrogen-bond acceptors (Lipinski definition) is 5. The van der Waals surface area contributed by atoms with Crippen LogP contribution in [0.5, 0.6) is 0 Å². The fourth-order valence-electron chi connectivity index (χ4n) is 3.16. The van der Waals surface area contributed by atoms with E-state index in [0.29, 0.717) is 28.3 Å². The van der Waals surface area contributed by atoms with Gasteiger partial charge in [0, 0.05) is 5.56 Å². The maximum absolute atomic E-state index is 12.9. The van der Waals surface area contributed by atoms with Crippen molar-refractivity contribution in [2.24, 2.45) is 0 Å². The number of carbonyl (C=O) groups excluding carboxylic acids is 3. The van der Waals surface area contributed by atoms with Gasteiger partial charge in [-0.1, -0.05) is 48.5 Å². The smallest absolute Gasteiger partial charge is 0.274 e. The monoisotopic (exact) mass is 451 g/mol. The number of pyridine rings is 1. The fraction of sp³-hybridized carbons (Fsp3) is 0. The number of aromatic nitrogens is 1. The summed E-state index contributed by atoms with van der Waals surface area (Å²) in [6.45, 7) is 0. The number of hydrogen-bond donors (Lipinski definition) is 4. The van der Waals surface area contributed by atoms with E-state index in [1.54, 1.807) is 78.9 Å². The summed E-state index contributed by atoms with van der Waals surface area (Å²) in [4.78, 5) is 42.2. The Morgan fingerprint density at radius 3 is 1.59 bits per heavy atom. The molecular weight excluding hydrogens is 430 g/mol. The number of rotatable bonds is 6. The van der Waals surface area contributed by atoms with E-state index in [2.05, 4.69) is 20.9 Å². The number of benzene rings is 3. The first-order valence-corrected chi connectivity index (χ1v) is 10.4.